The van der Waals surface area contributed by atoms with E-state index < -0.39 is 28.0 Å². The lowest BCUT2D eigenvalue weighted by Crippen LogP contribution is -1.96. The summed E-state index contributed by atoms with van der Waals surface area (Å²) in [4.78, 5) is 9.47. The molecular formula is C13H8BrF2NO3. The van der Waals surface area contributed by atoms with Gasteiger partial charge in [0.1, 0.15) is 5.75 Å². The van der Waals surface area contributed by atoms with Gasteiger partial charge in [-0.15, -0.1) is 0 Å². The van der Waals surface area contributed by atoms with Crippen molar-refractivity contribution in [3.8, 4) is 11.5 Å². The van der Waals surface area contributed by atoms with Gasteiger partial charge in [0.25, 0.3) is 0 Å². The Bertz CT molecular complexity index is 647. The van der Waals surface area contributed by atoms with Crippen molar-refractivity contribution < 1.29 is 18.4 Å². The molecule has 0 aliphatic heterocycles. The first-order valence-corrected chi connectivity index (χ1v) is 6.59. The summed E-state index contributed by atoms with van der Waals surface area (Å²) >= 11 is 3.28. The summed E-state index contributed by atoms with van der Waals surface area (Å²) in [7, 11) is 0. The monoisotopic (exact) mass is 343 g/mol. The van der Waals surface area contributed by atoms with Crippen LogP contribution in [-0.2, 0) is 5.33 Å². The van der Waals surface area contributed by atoms with Gasteiger partial charge in [0, 0.05) is 11.4 Å². The van der Waals surface area contributed by atoms with Crippen LogP contribution >= 0.6 is 15.9 Å². The molecule has 0 N–H and O–H groups in total. The molecule has 0 fully saturated rings. The summed E-state index contributed by atoms with van der Waals surface area (Å²) in [5.41, 5.74) is 0.0668. The van der Waals surface area contributed by atoms with Crippen LogP contribution in [0.4, 0.5) is 14.5 Å². The lowest BCUT2D eigenvalue weighted by Gasteiger charge is -2.07. The zero-order chi connectivity index (χ0) is 14.7. The van der Waals surface area contributed by atoms with E-state index in [1.807, 2.05) is 0 Å². The molecule has 0 amide bonds. The minimum atomic E-state index is -1.15. The van der Waals surface area contributed by atoms with Crippen LogP contribution in [0.1, 0.15) is 5.56 Å². The Hall–Kier alpha value is -2.02. The maximum Gasteiger partial charge on any atom is 0.307 e. The lowest BCUT2D eigenvalue weighted by molar-refractivity contribution is -0.387. The van der Waals surface area contributed by atoms with E-state index in [4.69, 9.17) is 4.74 Å². The van der Waals surface area contributed by atoms with Crippen LogP contribution in [0.2, 0.25) is 0 Å². The second-order valence-corrected chi connectivity index (χ2v) is 4.43. The van der Waals surface area contributed by atoms with Gasteiger partial charge >= 0.3 is 5.69 Å². The zero-order valence-electron chi connectivity index (χ0n) is 9.98. The maximum absolute atomic E-state index is 13.6. The molecule has 0 bridgehead atoms. The molecule has 20 heavy (non-hydrogen) atoms. The molecular weight excluding hydrogens is 336 g/mol. The van der Waals surface area contributed by atoms with E-state index >= 15 is 0 Å². The van der Waals surface area contributed by atoms with Crippen LogP contribution in [-0.4, -0.2) is 4.92 Å². The molecule has 4 nitrogen and oxygen atoms in total. The summed E-state index contributed by atoms with van der Waals surface area (Å²) in [6.45, 7) is 0. The number of alkyl halides is 1. The number of rotatable bonds is 4. The molecule has 0 heterocycles. The Labute approximate surface area is 121 Å². The summed E-state index contributed by atoms with van der Waals surface area (Å²) < 4.78 is 32.2. The highest BCUT2D eigenvalue weighted by atomic mass is 79.9. The van der Waals surface area contributed by atoms with E-state index in [9.17, 15) is 18.9 Å². The van der Waals surface area contributed by atoms with E-state index in [0.717, 1.165) is 5.56 Å². The van der Waals surface area contributed by atoms with Crippen LogP contribution in [0.25, 0.3) is 0 Å². The van der Waals surface area contributed by atoms with Gasteiger partial charge in [-0.25, -0.2) is 4.39 Å². The predicted molar refractivity (Wildman–Crippen MR) is 72.2 cm³/mol. The van der Waals surface area contributed by atoms with E-state index in [0.29, 0.717) is 23.2 Å². The van der Waals surface area contributed by atoms with Gasteiger partial charge in [0.2, 0.25) is 5.82 Å². The van der Waals surface area contributed by atoms with Crippen molar-refractivity contribution >= 4 is 21.6 Å². The van der Waals surface area contributed by atoms with Gasteiger partial charge in [-0.05, 0) is 17.7 Å². The Balaban J connectivity index is 2.29. The number of ether oxygens (including phenoxy) is 1. The van der Waals surface area contributed by atoms with Crippen LogP contribution in [0.3, 0.4) is 0 Å². The van der Waals surface area contributed by atoms with Crippen LogP contribution in [0, 0.1) is 21.7 Å². The molecule has 0 aliphatic rings. The van der Waals surface area contributed by atoms with E-state index in [1.54, 1.807) is 24.3 Å². The minimum absolute atomic E-state index is 0.307. The fraction of sp³-hybridized carbons (Fsp3) is 0.0769. The molecule has 0 spiro atoms. The SMILES string of the molecule is O=[N+]([O-])c1cc(F)c(Oc2ccc(CBr)cc2)cc1F. The fourth-order valence-corrected chi connectivity index (χ4v) is 1.88. The van der Waals surface area contributed by atoms with E-state index in [1.165, 1.54) is 0 Å². The predicted octanol–water partition coefficient (Wildman–Crippen LogP) is 4.56. The number of benzene rings is 2. The van der Waals surface area contributed by atoms with Crippen molar-refractivity contribution in [3.05, 3.63) is 63.7 Å². The molecule has 0 saturated heterocycles. The second-order valence-electron chi connectivity index (χ2n) is 3.87. The van der Waals surface area contributed by atoms with Crippen LogP contribution < -0.4 is 4.74 Å². The zero-order valence-corrected chi connectivity index (χ0v) is 11.6. The molecule has 0 saturated carbocycles. The van der Waals surface area contributed by atoms with Crippen molar-refractivity contribution in [2.24, 2.45) is 0 Å². The molecule has 0 aromatic heterocycles. The smallest absolute Gasteiger partial charge is 0.307 e. The van der Waals surface area contributed by atoms with E-state index in [2.05, 4.69) is 15.9 Å². The highest BCUT2D eigenvalue weighted by Crippen LogP contribution is 2.30. The van der Waals surface area contributed by atoms with Gasteiger partial charge < -0.3 is 4.74 Å². The number of nitro groups is 1. The van der Waals surface area contributed by atoms with Gasteiger partial charge in [-0.2, -0.15) is 4.39 Å². The second kappa shape index (κ2) is 5.96. The topological polar surface area (TPSA) is 52.4 Å². The van der Waals surface area contributed by atoms with Crippen molar-refractivity contribution in [2.45, 2.75) is 5.33 Å². The summed E-state index contributed by atoms with van der Waals surface area (Å²) in [6.07, 6.45) is 0. The third-order valence-corrected chi connectivity index (χ3v) is 3.15. The molecule has 7 heteroatoms. The average Bonchev–Trinajstić information content (AvgIpc) is 2.43. The minimum Gasteiger partial charge on any atom is -0.454 e. The molecule has 2 aromatic rings. The molecule has 0 aliphatic carbocycles. The summed E-state index contributed by atoms with van der Waals surface area (Å²) in [6, 6.07) is 7.85. The molecule has 2 aromatic carbocycles. The van der Waals surface area contributed by atoms with Crippen molar-refractivity contribution in [1.82, 2.24) is 0 Å². The Morgan fingerprint density at radius 1 is 1.15 bits per heavy atom. The van der Waals surface area contributed by atoms with Crippen LogP contribution in [0.15, 0.2) is 36.4 Å². The normalized spacial score (nSPS) is 10.3. The maximum atomic E-state index is 13.6. The summed E-state index contributed by atoms with van der Waals surface area (Å²) in [5.74, 6) is -2.24. The third-order valence-electron chi connectivity index (χ3n) is 2.50. The average molecular weight is 344 g/mol. The molecule has 2 rings (SSSR count). The first-order chi connectivity index (χ1) is 9.51. The van der Waals surface area contributed by atoms with Crippen molar-refractivity contribution in [2.75, 3.05) is 0 Å². The highest BCUT2D eigenvalue weighted by Gasteiger charge is 2.19. The van der Waals surface area contributed by atoms with Gasteiger partial charge in [0.15, 0.2) is 11.6 Å². The number of hydrogen-bond donors (Lipinski definition) is 0. The third kappa shape index (κ3) is 3.11. The largest absolute Gasteiger partial charge is 0.454 e. The number of nitrogens with zero attached hydrogens (tertiary/aromatic N) is 1. The Morgan fingerprint density at radius 3 is 2.35 bits per heavy atom. The first kappa shape index (κ1) is 14.4. The number of hydrogen-bond acceptors (Lipinski definition) is 3. The standard InChI is InChI=1S/C13H8BrF2NO3/c14-7-8-1-3-9(4-2-8)20-13-6-10(15)12(17(18)19)5-11(13)16/h1-6H,7H2. The van der Waals surface area contributed by atoms with Crippen LogP contribution in [0.5, 0.6) is 11.5 Å². The summed E-state index contributed by atoms with van der Waals surface area (Å²) in [5, 5.41) is 11.1. The molecule has 0 unspecified atom stereocenters. The highest BCUT2D eigenvalue weighted by molar-refractivity contribution is 9.08. The lowest BCUT2D eigenvalue weighted by atomic mass is 10.2. The van der Waals surface area contributed by atoms with Gasteiger partial charge in [-0.3, -0.25) is 10.1 Å². The fourth-order valence-electron chi connectivity index (χ4n) is 1.51. The van der Waals surface area contributed by atoms with E-state index in [-0.39, 0.29) is 0 Å². The number of halogens is 3. The van der Waals surface area contributed by atoms with Gasteiger partial charge in [-0.1, -0.05) is 28.1 Å². The quantitative estimate of drug-likeness (QED) is 0.464. The Morgan fingerprint density at radius 2 is 1.80 bits per heavy atom. The Kier molecular flexibility index (Phi) is 4.29. The number of nitro benzene ring substituents is 1. The van der Waals surface area contributed by atoms with Gasteiger partial charge in [0.05, 0.1) is 11.0 Å². The first-order valence-electron chi connectivity index (χ1n) is 5.47. The van der Waals surface area contributed by atoms with Crippen molar-refractivity contribution in [3.63, 3.8) is 0 Å². The van der Waals surface area contributed by atoms with Crippen molar-refractivity contribution in [1.29, 1.82) is 0 Å². The molecule has 0 radical (unpaired) electrons. The molecule has 104 valence electrons. The molecule has 0 atom stereocenters.